The summed E-state index contributed by atoms with van der Waals surface area (Å²) in [5.41, 5.74) is 3.97. The molecule has 0 bridgehead atoms. The molecule has 0 saturated carbocycles. The van der Waals surface area contributed by atoms with Crippen molar-refractivity contribution >= 4 is 5.91 Å². The second-order valence-corrected chi connectivity index (χ2v) is 8.81. The number of hydrogen-bond acceptors (Lipinski definition) is 2. The van der Waals surface area contributed by atoms with Gasteiger partial charge in [-0.05, 0) is 60.6 Å². The molecule has 3 rings (SSSR count). The van der Waals surface area contributed by atoms with Crippen LogP contribution in [0.3, 0.4) is 0 Å². The molecule has 0 aliphatic carbocycles. The summed E-state index contributed by atoms with van der Waals surface area (Å²) in [7, 11) is 0. The van der Waals surface area contributed by atoms with Gasteiger partial charge in [0.1, 0.15) is 11.9 Å². The molecule has 0 heterocycles. The normalized spacial score (nSPS) is 12.9. The summed E-state index contributed by atoms with van der Waals surface area (Å²) < 4.78 is 6.11. The molecule has 168 valence electrons. The number of nitrogens with one attached hydrogen (secondary N) is 1. The number of hydrogen-bond donors (Lipinski definition) is 1. The Hall–Kier alpha value is -3.07. The smallest absolute Gasteiger partial charge is 0.252 e. The Morgan fingerprint density at radius 2 is 1.53 bits per heavy atom. The quantitative estimate of drug-likeness (QED) is 0.367. The van der Waals surface area contributed by atoms with Gasteiger partial charge in [0.25, 0.3) is 5.91 Å². The van der Waals surface area contributed by atoms with E-state index in [1.807, 2.05) is 61.5 Å². The number of carbonyl (C=O) groups excluding carboxylic acids is 1. The summed E-state index contributed by atoms with van der Waals surface area (Å²) in [6.07, 6.45) is 2.60. The van der Waals surface area contributed by atoms with E-state index < -0.39 is 0 Å². The zero-order valence-corrected chi connectivity index (χ0v) is 19.7. The number of benzene rings is 3. The van der Waals surface area contributed by atoms with Crippen LogP contribution in [0.2, 0.25) is 0 Å². The van der Waals surface area contributed by atoms with Gasteiger partial charge in [-0.3, -0.25) is 4.79 Å². The Labute approximate surface area is 192 Å². The van der Waals surface area contributed by atoms with Crippen molar-refractivity contribution in [2.75, 3.05) is 0 Å². The van der Waals surface area contributed by atoms with Gasteiger partial charge < -0.3 is 10.1 Å². The molecule has 32 heavy (non-hydrogen) atoms. The Morgan fingerprint density at radius 1 is 0.875 bits per heavy atom. The number of para-hydroxylation sites is 1. The predicted octanol–water partition coefficient (Wildman–Crippen LogP) is 7.30. The first kappa shape index (κ1) is 23.6. The average Bonchev–Trinajstić information content (AvgIpc) is 2.80. The van der Waals surface area contributed by atoms with E-state index in [4.69, 9.17) is 4.74 Å². The molecular formula is C29H35NO2. The molecule has 2 atom stereocenters. The first-order chi connectivity index (χ1) is 15.5. The molecule has 0 aliphatic heterocycles. The second-order valence-electron chi connectivity index (χ2n) is 8.81. The predicted molar refractivity (Wildman–Crippen MR) is 132 cm³/mol. The van der Waals surface area contributed by atoms with Gasteiger partial charge in [0.15, 0.2) is 0 Å². The zero-order valence-electron chi connectivity index (χ0n) is 19.7. The highest BCUT2D eigenvalue weighted by molar-refractivity contribution is 5.96. The van der Waals surface area contributed by atoms with Gasteiger partial charge in [0, 0.05) is 5.56 Å². The largest absolute Gasteiger partial charge is 0.486 e. The van der Waals surface area contributed by atoms with Crippen LogP contribution >= 0.6 is 0 Å². The SMILES string of the molecule is CCCc1ccc(C(C)Oc2ccccc2)cc1C(=O)NC(CC(C)C)c1ccccc1. The number of amides is 1. The minimum absolute atomic E-state index is 0.0141. The van der Waals surface area contributed by atoms with E-state index in [-0.39, 0.29) is 18.1 Å². The van der Waals surface area contributed by atoms with Crippen molar-refractivity contribution in [1.29, 1.82) is 0 Å². The molecular weight excluding hydrogens is 394 g/mol. The van der Waals surface area contributed by atoms with Gasteiger partial charge in [-0.2, -0.15) is 0 Å². The standard InChI is InChI=1S/C29H35NO2/c1-5-12-23-17-18-25(22(4)32-26-15-10-7-11-16-26)20-27(23)29(31)30-28(19-21(2)3)24-13-8-6-9-14-24/h6-11,13-18,20-22,28H,5,12,19H2,1-4H3,(H,30,31). The summed E-state index contributed by atoms with van der Waals surface area (Å²) >= 11 is 0. The third kappa shape index (κ3) is 6.46. The van der Waals surface area contributed by atoms with Gasteiger partial charge in [0.05, 0.1) is 6.04 Å². The monoisotopic (exact) mass is 429 g/mol. The van der Waals surface area contributed by atoms with Crippen LogP contribution in [0.25, 0.3) is 0 Å². The third-order valence-electron chi connectivity index (χ3n) is 5.64. The first-order valence-corrected chi connectivity index (χ1v) is 11.7. The summed E-state index contributed by atoms with van der Waals surface area (Å²) in [5, 5.41) is 3.32. The van der Waals surface area contributed by atoms with Crippen LogP contribution in [-0.4, -0.2) is 5.91 Å². The number of rotatable bonds is 10. The summed E-state index contributed by atoms with van der Waals surface area (Å²) in [4.78, 5) is 13.5. The van der Waals surface area contributed by atoms with Crippen LogP contribution in [0.1, 0.15) is 79.7 Å². The van der Waals surface area contributed by atoms with Crippen molar-refractivity contribution in [3.63, 3.8) is 0 Å². The minimum Gasteiger partial charge on any atom is -0.486 e. The Kier molecular flexibility index (Phi) is 8.49. The molecule has 2 unspecified atom stereocenters. The lowest BCUT2D eigenvalue weighted by Gasteiger charge is -2.23. The summed E-state index contributed by atoms with van der Waals surface area (Å²) in [6, 6.07) is 26.2. The Balaban J connectivity index is 1.86. The topological polar surface area (TPSA) is 38.3 Å². The molecule has 1 N–H and O–H groups in total. The molecule has 3 aromatic carbocycles. The third-order valence-corrected chi connectivity index (χ3v) is 5.64. The molecule has 0 aliphatic rings. The number of carbonyl (C=O) groups is 1. The maximum atomic E-state index is 13.5. The molecule has 0 spiro atoms. The van der Waals surface area contributed by atoms with Gasteiger partial charge >= 0.3 is 0 Å². The number of aryl methyl sites for hydroxylation is 1. The van der Waals surface area contributed by atoms with Gasteiger partial charge in [0.2, 0.25) is 0 Å². The van der Waals surface area contributed by atoms with Crippen molar-refractivity contribution in [2.45, 2.75) is 59.1 Å². The van der Waals surface area contributed by atoms with E-state index in [9.17, 15) is 4.79 Å². The van der Waals surface area contributed by atoms with E-state index >= 15 is 0 Å². The van der Waals surface area contributed by atoms with Crippen molar-refractivity contribution < 1.29 is 9.53 Å². The highest BCUT2D eigenvalue weighted by Gasteiger charge is 2.20. The van der Waals surface area contributed by atoms with E-state index in [0.29, 0.717) is 5.92 Å². The second kappa shape index (κ2) is 11.5. The summed E-state index contributed by atoms with van der Waals surface area (Å²) in [5.74, 6) is 1.28. The zero-order chi connectivity index (χ0) is 22.9. The van der Waals surface area contributed by atoms with Gasteiger partial charge in [-0.1, -0.05) is 87.9 Å². The average molecular weight is 430 g/mol. The fraction of sp³-hybridized carbons (Fsp3) is 0.345. The lowest BCUT2D eigenvalue weighted by atomic mass is 9.94. The van der Waals surface area contributed by atoms with Crippen LogP contribution < -0.4 is 10.1 Å². The minimum atomic E-state index is -0.153. The molecule has 0 radical (unpaired) electrons. The lowest BCUT2D eigenvalue weighted by Crippen LogP contribution is -2.30. The maximum absolute atomic E-state index is 13.5. The molecule has 3 heteroatoms. The van der Waals surface area contributed by atoms with Crippen molar-refractivity contribution in [3.05, 3.63) is 101 Å². The molecule has 0 saturated heterocycles. The van der Waals surface area contributed by atoms with Crippen LogP contribution in [0, 0.1) is 5.92 Å². The molecule has 3 nitrogen and oxygen atoms in total. The van der Waals surface area contributed by atoms with Crippen molar-refractivity contribution in [2.24, 2.45) is 5.92 Å². The van der Waals surface area contributed by atoms with E-state index in [1.165, 1.54) is 0 Å². The van der Waals surface area contributed by atoms with Gasteiger partial charge in [-0.25, -0.2) is 0 Å². The molecule has 0 aromatic heterocycles. The van der Waals surface area contributed by atoms with Crippen LogP contribution in [0.5, 0.6) is 5.75 Å². The van der Waals surface area contributed by atoms with Crippen molar-refractivity contribution in [3.8, 4) is 5.75 Å². The highest BCUT2D eigenvalue weighted by Crippen LogP contribution is 2.26. The molecule has 1 amide bonds. The van der Waals surface area contributed by atoms with E-state index in [0.717, 1.165) is 47.3 Å². The highest BCUT2D eigenvalue weighted by atomic mass is 16.5. The summed E-state index contributed by atoms with van der Waals surface area (Å²) in [6.45, 7) is 8.54. The molecule has 3 aromatic rings. The maximum Gasteiger partial charge on any atom is 0.252 e. The Bertz CT molecular complexity index is 983. The fourth-order valence-corrected chi connectivity index (χ4v) is 3.99. The van der Waals surface area contributed by atoms with E-state index in [1.54, 1.807) is 0 Å². The van der Waals surface area contributed by atoms with Gasteiger partial charge in [-0.15, -0.1) is 0 Å². The van der Waals surface area contributed by atoms with Crippen LogP contribution in [0.4, 0.5) is 0 Å². The van der Waals surface area contributed by atoms with E-state index in [2.05, 4.69) is 50.4 Å². The Morgan fingerprint density at radius 3 is 2.16 bits per heavy atom. The van der Waals surface area contributed by atoms with Crippen LogP contribution in [-0.2, 0) is 6.42 Å². The fourth-order valence-electron chi connectivity index (χ4n) is 3.99. The first-order valence-electron chi connectivity index (χ1n) is 11.7. The molecule has 0 fully saturated rings. The van der Waals surface area contributed by atoms with Crippen LogP contribution in [0.15, 0.2) is 78.9 Å². The number of ether oxygens (including phenoxy) is 1. The van der Waals surface area contributed by atoms with Crippen molar-refractivity contribution in [1.82, 2.24) is 5.32 Å². The lowest BCUT2D eigenvalue weighted by molar-refractivity contribution is 0.0930.